The number of carbonyl (C=O) groups is 2. The van der Waals surface area contributed by atoms with E-state index >= 15 is 0 Å². The number of nitrogens with one attached hydrogen (secondary N) is 2. The Balaban J connectivity index is 1.91. The van der Waals surface area contributed by atoms with E-state index in [1.54, 1.807) is 0 Å². The lowest BCUT2D eigenvalue weighted by Gasteiger charge is -2.20. The Morgan fingerprint density at radius 3 is 2.41 bits per heavy atom. The molecule has 0 heterocycles. The number of hydrogen-bond donors (Lipinski definition) is 2. The van der Waals surface area contributed by atoms with E-state index in [1.165, 1.54) is 0 Å². The molecule has 2 N–H and O–H groups in total. The van der Waals surface area contributed by atoms with E-state index < -0.39 is 34.9 Å². The maximum absolute atomic E-state index is 12.3. The average Bonchev–Trinajstić information content (AvgIpc) is 2.69. The average molecular weight is 417 g/mol. The molecule has 0 spiro atoms. The molecule has 0 saturated heterocycles. The molecule has 0 aromatic heterocycles. The van der Waals surface area contributed by atoms with E-state index in [2.05, 4.69) is 15.4 Å². The lowest BCUT2D eigenvalue weighted by molar-refractivity contribution is -0.385. The van der Waals surface area contributed by atoms with E-state index in [4.69, 9.17) is 0 Å². The Hall–Kier alpha value is -2.85. The van der Waals surface area contributed by atoms with Gasteiger partial charge in [-0.05, 0) is 25.0 Å². The van der Waals surface area contributed by atoms with Crippen LogP contribution in [0.25, 0.3) is 0 Å². The van der Waals surface area contributed by atoms with E-state index in [0.29, 0.717) is 0 Å². The number of rotatable bonds is 8. The van der Waals surface area contributed by atoms with E-state index in [1.807, 2.05) is 0 Å². The highest BCUT2D eigenvalue weighted by Gasteiger charge is 2.29. The van der Waals surface area contributed by atoms with Crippen molar-refractivity contribution < 1.29 is 32.4 Å². The first-order chi connectivity index (χ1) is 13.7. The molecule has 0 unspecified atom stereocenters. The summed E-state index contributed by atoms with van der Waals surface area (Å²) in [5.41, 5.74) is -0.985. The summed E-state index contributed by atoms with van der Waals surface area (Å²) in [6.45, 7) is -1.43. The topological polar surface area (TPSA) is 111 Å². The summed E-state index contributed by atoms with van der Waals surface area (Å²) in [5, 5.41) is 16.2. The van der Waals surface area contributed by atoms with Crippen LogP contribution < -0.4 is 15.4 Å². The molecule has 1 aliphatic carbocycles. The third-order valence-corrected chi connectivity index (χ3v) is 4.50. The predicted octanol–water partition coefficient (Wildman–Crippen LogP) is 2.96. The highest BCUT2D eigenvalue weighted by molar-refractivity contribution is 5.98. The molecule has 1 aliphatic rings. The van der Waals surface area contributed by atoms with Gasteiger partial charge < -0.3 is 15.4 Å². The van der Waals surface area contributed by atoms with Crippen molar-refractivity contribution in [3.8, 4) is 5.75 Å². The van der Waals surface area contributed by atoms with Gasteiger partial charge in [0.15, 0.2) is 6.61 Å². The van der Waals surface area contributed by atoms with Crippen molar-refractivity contribution in [1.82, 2.24) is 10.6 Å². The summed E-state index contributed by atoms with van der Waals surface area (Å²) in [4.78, 5) is 34.6. The van der Waals surface area contributed by atoms with Crippen molar-refractivity contribution in [1.29, 1.82) is 0 Å². The summed E-state index contributed by atoms with van der Waals surface area (Å²) in [6.07, 6.45) is 0.200. The molecule has 1 aromatic carbocycles. The van der Waals surface area contributed by atoms with Gasteiger partial charge in [0.25, 0.3) is 11.6 Å². The molecule has 2 amide bonds. The number of nitro benzene ring substituents is 1. The van der Waals surface area contributed by atoms with E-state index in [0.717, 1.165) is 50.3 Å². The molecule has 0 atom stereocenters. The van der Waals surface area contributed by atoms with Crippen LogP contribution in [0, 0.1) is 16.0 Å². The molecule has 0 radical (unpaired) electrons. The van der Waals surface area contributed by atoms with Gasteiger partial charge in [0.1, 0.15) is 11.3 Å². The third-order valence-electron chi connectivity index (χ3n) is 4.50. The first kappa shape index (κ1) is 22.4. The first-order valence-corrected chi connectivity index (χ1v) is 9.21. The molecular weight excluding hydrogens is 395 g/mol. The van der Waals surface area contributed by atoms with Gasteiger partial charge in [-0.1, -0.05) is 19.3 Å². The van der Waals surface area contributed by atoms with Crippen LogP contribution in [0.1, 0.15) is 42.5 Å². The number of benzene rings is 1. The Labute approximate surface area is 164 Å². The minimum atomic E-state index is -4.58. The number of ether oxygens (including phenoxy) is 1. The van der Waals surface area contributed by atoms with Crippen LogP contribution in [0.4, 0.5) is 18.9 Å². The fourth-order valence-electron chi connectivity index (χ4n) is 3.08. The summed E-state index contributed by atoms with van der Waals surface area (Å²) in [7, 11) is 0. The van der Waals surface area contributed by atoms with Gasteiger partial charge in [-0.2, -0.15) is 13.2 Å². The number of nitrogens with zero attached hydrogens (tertiary/aromatic N) is 1. The zero-order valence-corrected chi connectivity index (χ0v) is 15.6. The molecule has 1 aromatic rings. The minimum Gasteiger partial charge on any atom is -0.484 e. The molecule has 1 saturated carbocycles. The number of hydrogen-bond acceptors (Lipinski definition) is 5. The van der Waals surface area contributed by atoms with Crippen molar-refractivity contribution in [3.63, 3.8) is 0 Å². The predicted molar refractivity (Wildman–Crippen MR) is 96.6 cm³/mol. The molecule has 29 heavy (non-hydrogen) atoms. The van der Waals surface area contributed by atoms with Crippen LogP contribution in [0.3, 0.4) is 0 Å². The van der Waals surface area contributed by atoms with Crippen LogP contribution in [-0.4, -0.2) is 42.6 Å². The molecule has 160 valence electrons. The number of alkyl halides is 3. The number of amides is 2. The highest BCUT2D eigenvalue weighted by atomic mass is 19.4. The molecule has 1 fully saturated rings. The molecular formula is C18H22F3N3O5. The zero-order valence-electron chi connectivity index (χ0n) is 15.6. The van der Waals surface area contributed by atoms with Crippen LogP contribution in [0.15, 0.2) is 18.2 Å². The van der Waals surface area contributed by atoms with Gasteiger partial charge >= 0.3 is 6.18 Å². The lowest BCUT2D eigenvalue weighted by Crippen LogP contribution is -2.38. The van der Waals surface area contributed by atoms with Crippen molar-refractivity contribution in [2.45, 2.75) is 38.3 Å². The van der Waals surface area contributed by atoms with Crippen LogP contribution in [0.5, 0.6) is 5.75 Å². The highest BCUT2D eigenvalue weighted by Crippen LogP contribution is 2.26. The fraction of sp³-hybridized carbons (Fsp3) is 0.556. The molecule has 0 aliphatic heterocycles. The monoisotopic (exact) mass is 417 g/mol. The number of nitro groups is 1. The maximum atomic E-state index is 12.3. The van der Waals surface area contributed by atoms with Gasteiger partial charge in [0, 0.05) is 25.1 Å². The smallest absolute Gasteiger partial charge is 0.422 e. The largest absolute Gasteiger partial charge is 0.484 e. The van der Waals surface area contributed by atoms with Crippen molar-refractivity contribution >= 4 is 17.5 Å². The number of halogens is 3. The SMILES string of the molecule is O=C(NCCNC(=O)C1CCCCC1)c1cc(OCC(F)(F)F)ccc1[N+](=O)[O-]. The second-order valence-electron chi connectivity index (χ2n) is 6.72. The summed E-state index contributed by atoms with van der Waals surface area (Å²) < 4.78 is 41.3. The van der Waals surface area contributed by atoms with E-state index in [-0.39, 0.29) is 30.7 Å². The molecule has 2 rings (SSSR count). The van der Waals surface area contributed by atoms with Crippen molar-refractivity contribution in [3.05, 3.63) is 33.9 Å². The van der Waals surface area contributed by atoms with Crippen LogP contribution in [0.2, 0.25) is 0 Å². The van der Waals surface area contributed by atoms with Gasteiger partial charge in [0.05, 0.1) is 4.92 Å². The van der Waals surface area contributed by atoms with Gasteiger partial charge in [-0.25, -0.2) is 0 Å². The first-order valence-electron chi connectivity index (χ1n) is 9.21. The third kappa shape index (κ3) is 7.24. The molecule has 0 bridgehead atoms. The summed E-state index contributed by atoms with van der Waals surface area (Å²) >= 11 is 0. The Bertz CT molecular complexity index is 749. The molecule has 8 nitrogen and oxygen atoms in total. The maximum Gasteiger partial charge on any atom is 0.422 e. The summed E-state index contributed by atoms with van der Waals surface area (Å²) in [6, 6.07) is 2.79. The van der Waals surface area contributed by atoms with Crippen LogP contribution in [-0.2, 0) is 4.79 Å². The Kier molecular flexibility index (Phi) is 7.80. The second kappa shape index (κ2) is 10.1. The summed E-state index contributed by atoms with van der Waals surface area (Å²) in [5.74, 6) is -1.29. The van der Waals surface area contributed by atoms with Crippen LogP contribution >= 0.6 is 0 Å². The molecule has 11 heteroatoms. The Morgan fingerprint density at radius 2 is 1.79 bits per heavy atom. The van der Waals surface area contributed by atoms with Crippen molar-refractivity contribution in [2.24, 2.45) is 5.92 Å². The minimum absolute atomic E-state index is 0.0160. The Morgan fingerprint density at radius 1 is 1.14 bits per heavy atom. The fourth-order valence-corrected chi connectivity index (χ4v) is 3.08. The zero-order chi connectivity index (χ0) is 21.4. The number of carbonyl (C=O) groups excluding carboxylic acids is 2. The lowest BCUT2D eigenvalue weighted by atomic mass is 9.89. The van der Waals surface area contributed by atoms with Gasteiger partial charge in [-0.3, -0.25) is 19.7 Å². The normalized spacial score (nSPS) is 14.9. The van der Waals surface area contributed by atoms with E-state index in [9.17, 15) is 32.9 Å². The quantitative estimate of drug-likeness (QED) is 0.384. The van der Waals surface area contributed by atoms with Gasteiger partial charge in [0.2, 0.25) is 5.91 Å². The second-order valence-corrected chi connectivity index (χ2v) is 6.72. The van der Waals surface area contributed by atoms with Gasteiger partial charge in [-0.15, -0.1) is 0 Å². The standard InChI is InChI=1S/C18H22F3N3O5/c19-18(20,21)11-29-13-6-7-15(24(27)28)14(10-13)17(26)23-9-8-22-16(25)12-4-2-1-3-5-12/h6-7,10,12H,1-5,8-9,11H2,(H,22,25)(H,23,26). The van der Waals surface area contributed by atoms with Crippen molar-refractivity contribution in [2.75, 3.05) is 19.7 Å².